The summed E-state index contributed by atoms with van der Waals surface area (Å²) in [5, 5.41) is 10.6. The third-order valence-corrected chi connectivity index (χ3v) is 6.24. The number of hydrogen-bond acceptors (Lipinski definition) is 4. The van der Waals surface area contributed by atoms with E-state index in [-0.39, 0.29) is 30.3 Å². The molecule has 0 bridgehead atoms. The van der Waals surface area contributed by atoms with Gasteiger partial charge < -0.3 is 9.84 Å². The molecule has 2 aromatic heterocycles. The minimum atomic E-state index is -0.687. The van der Waals surface area contributed by atoms with Crippen molar-refractivity contribution in [3.63, 3.8) is 0 Å². The van der Waals surface area contributed by atoms with E-state index in [1.54, 1.807) is 29.7 Å². The number of aliphatic hydroxyl groups is 1. The first kappa shape index (κ1) is 21.3. The number of aryl methyl sites for hydroxylation is 1. The van der Waals surface area contributed by atoms with Crippen LogP contribution in [0.1, 0.15) is 45.2 Å². The minimum Gasteiger partial charge on any atom is -0.485 e. The molecule has 0 unspecified atom stereocenters. The Labute approximate surface area is 189 Å². The van der Waals surface area contributed by atoms with Crippen molar-refractivity contribution in [3.05, 3.63) is 101 Å². The molecule has 5 nitrogen and oxygen atoms in total. The van der Waals surface area contributed by atoms with E-state index in [0.29, 0.717) is 29.2 Å². The van der Waals surface area contributed by atoms with E-state index in [4.69, 9.17) is 4.74 Å². The quantitative estimate of drug-likeness (QED) is 0.432. The number of carbonyl (C=O) groups is 1. The van der Waals surface area contributed by atoms with Crippen molar-refractivity contribution in [2.75, 3.05) is 0 Å². The number of pyridine rings is 1. The lowest BCUT2D eigenvalue weighted by Crippen LogP contribution is -2.18. The first-order valence-corrected chi connectivity index (χ1v) is 10.8. The van der Waals surface area contributed by atoms with Crippen LogP contribution >= 0.6 is 0 Å². The van der Waals surface area contributed by atoms with Gasteiger partial charge >= 0.3 is 0 Å². The van der Waals surface area contributed by atoms with Crippen molar-refractivity contribution in [1.82, 2.24) is 9.38 Å². The molecule has 5 rings (SSSR count). The fourth-order valence-corrected chi connectivity index (χ4v) is 4.62. The molecular weight excluding hydrogens is 426 g/mol. The largest absolute Gasteiger partial charge is 0.485 e. The van der Waals surface area contributed by atoms with Gasteiger partial charge in [-0.1, -0.05) is 30.3 Å². The molecule has 0 fully saturated rings. The fraction of sp³-hybridized carbons (Fsp3) is 0.231. The van der Waals surface area contributed by atoms with Gasteiger partial charge in [0.1, 0.15) is 23.9 Å². The molecule has 1 N–H and O–H groups in total. The molecule has 0 aliphatic heterocycles. The maximum atomic E-state index is 14.0. The highest BCUT2D eigenvalue weighted by Gasteiger charge is 2.33. The highest BCUT2D eigenvalue weighted by molar-refractivity contribution is 5.97. The Morgan fingerprint density at radius 1 is 1.12 bits per heavy atom. The highest BCUT2D eigenvalue weighted by atomic mass is 19.1. The van der Waals surface area contributed by atoms with Crippen molar-refractivity contribution in [2.24, 2.45) is 0 Å². The molecule has 0 saturated heterocycles. The van der Waals surface area contributed by atoms with Crippen molar-refractivity contribution in [3.8, 4) is 5.75 Å². The summed E-state index contributed by atoms with van der Waals surface area (Å²) in [6.07, 6.45) is 1.78. The topological polar surface area (TPSA) is 63.8 Å². The average molecular weight is 448 g/mol. The van der Waals surface area contributed by atoms with Crippen LogP contribution in [0.5, 0.6) is 5.75 Å². The summed E-state index contributed by atoms with van der Waals surface area (Å²) in [5.41, 5.74) is 3.21. The Kier molecular flexibility index (Phi) is 5.42. The number of hydrogen-bond donors (Lipinski definition) is 1. The number of rotatable bonds is 6. The zero-order valence-corrected chi connectivity index (χ0v) is 18.0. The van der Waals surface area contributed by atoms with Crippen LogP contribution in [0, 0.1) is 18.6 Å². The second kappa shape index (κ2) is 8.41. The number of fused-ring (bicyclic) bond motifs is 2. The van der Waals surface area contributed by atoms with E-state index in [1.807, 2.05) is 24.3 Å². The van der Waals surface area contributed by atoms with Crippen molar-refractivity contribution < 1.29 is 23.4 Å². The summed E-state index contributed by atoms with van der Waals surface area (Å²) in [5.74, 6) is -1.48. The molecule has 4 aromatic rings. The predicted octanol–water partition coefficient (Wildman–Crippen LogP) is 4.77. The normalized spacial score (nSPS) is 17.3. The Hall–Kier alpha value is -3.58. The highest BCUT2D eigenvalue weighted by Crippen LogP contribution is 2.37. The summed E-state index contributed by atoms with van der Waals surface area (Å²) in [7, 11) is 0. The molecule has 0 radical (unpaired) electrons. The summed E-state index contributed by atoms with van der Waals surface area (Å²) < 4.78 is 35.3. The Morgan fingerprint density at radius 3 is 2.67 bits per heavy atom. The van der Waals surface area contributed by atoms with Crippen LogP contribution in [0.15, 0.2) is 60.8 Å². The van der Waals surface area contributed by atoms with Gasteiger partial charge in [-0.25, -0.2) is 13.8 Å². The number of aromatic nitrogens is 2. The van der Waals surface area contributed by atoms with Crippen LogP contribution in [0.2, 0.25) is 0 Å². The number of Topliss-reactive ketones (excluding diaryl/α,β-unsaturated/α-hetero) is 1. The SMILES string of the molecule is Cc1nc2c(OCc3c(F)cccc3F)cccn2c1C(=O)C[C@@H]1c2ccccc2C[C@@H]1O. The van der Waals surface area contributed by atoms with Crippen molar-refractivity contribution in [1.29, 1.82) is 0 Å². The Bertz CT molecular complexity index is 1340. The number of carbonyl (C=O) groups excluding carboxylic acids is 1. The molecule has 1 aliphatic rings. The molecule has 33 heavy (non-hydrogen) atoms. The number of nitrogens with zero attached hydrogens (tertiary/aromatic N) is 2. The summed E-state index contributed by atoms with van der Waals surface area (Å²) in [6, 6.07) is 14.8. The van der Waals surface area contributed by atoms with Gasteiger partial charge in [-0.15, -0.1) is 0 Å². The molecule has 2 heterocycles. The van der Waals surface area contributed by atoms with Gasteiger partial charge in [0, 0.05) is 18.5 Å². The lowest BCUT2D eigenvalue weighted by atomic mass is 9.93. The summed E-state index contributed by atoms with van der Waals surface area (Å²) in [4.78, 5) is 17.8. The van der Waals surface area contributed by atoms with Crippen LogP contribution in [0.25, 0.3) is 5.65 Å². The monoisotopic (exact) mass is 448 g/mol. The number of halogens is 2. The number of aliphatic hydroxyl groups excluding tert-OH is 1. The number of imidazole rings is 1. The third kappa shape index (κ3) is 3.78. The lowest BCUT2D eigenvalue weighted by molar-refractivity contribution is 0.0915. The van der Waals surface area contributed by atoms with Crippen molar-refractivity contribution >= 4 is 11.4 Å². The van der Waals surface area contributed by atoms with E-state index in [0.717, 1.165) is 11.1 Å². The van der Waals surface area contributed by atoms with Gasteiger partial charge in [0.05, 0.1) is 17.4 Å². The molecule has 7 heteroatoms. The number of benzene rings is 2. The maximum Gasteiger partial charge on any atom is 0.182 e. The zero-order valence-electron chi connectivity index (χ0n) is 18.0. The molecule has 168 valence electrons. The minimum absolute atomic E-state index is 0.141. The van der Waals surface area contributed by atoms with E-state index < -0.39 is 17.7 Å². The molecule has 0 saturated carbocycles. The number of ether oxygens (including phenoxy) is 1. The average Bonchev–Trinajstić information content (AvgIpc) is 3.29. The smallest absolute Gasteiger partial charge is 0.182 e. The van der Waals surface area contributed by atoms with Gasteiger partial charge in [0.2, 0.25) is 0 Å². The van der Waals surface area contributed by atoms with E-state index >= 15 is 0 Å². The molecule has 2 aromatic carbocycles. The van der Waals surface area contributed by atoms with E-state index in [9.17, 15) is 18.7 Å². The molecule has 0 amide bonds. The predicted molar refractivity (Wildman–Crippen MR) is 118 cm³/mol. The molecular formula is C26H22F2N2O3. The van der Waals surface area contributed by atoms with Crippen LogP contribution in [0.3, 0.4) is 0 Å². The van der Waals surface area contributed by atoms with Gasteiger partial charge in [0.25, 0.3) is 0 Å². The van der Waals surface area contributed by atoms with Crippen LogP contribution in [0.4, 0.5) is 8.78 Å². The maximum absolute atomic E-state index is 14.0. The fourth-order valence-electron chi connectivity index (χ4n) is 4.62. The summed E-state index contributed by atoms with van der Waals surface area (Å²) >= 11 is 0. The van der Waals surface area contributed by atoms with Crippen LogP contribution < -0.4 is 4.74 Å². The standard InChI is InChI=1S/C26H22F2N2O3/c1-15-25(23(32)13-18-17-7-3-2-6-16(17)12-22(18)31)30-11-5-10-24(26(30)29-15)33-14-19-20(27)8-4-9-21(19)28/h2-11,18,22,31H,12-14H2,1H3/t18-,22+/m1/s1. The summed E-state index contributed by atoms with van der Waals surface area (Å²) in [6.45, 7) is 1.43. The van der Waals surface area contributed by atoms with Gasteiger partial charge in [0.15, 0.2) is 17.2 Å². The Balaban J connectivity index is 1.43. The second-order valence-corrected chi connectivity index (χ2v) is 8.30. The zero-order chi connectivity index (χ0) is 23.1. The lowest BCUT2D eigenvalue weighted by Gasteiger charge is -2.15. The molecule has 2 atom stereocenters. The third-order valence-electron chi connectivity index (χ3n) is 6.24. The van der Waals surface area contributed by atoms with Gasteiger partial charge in [-0.2, -0.15) is 0 Å². The molecule has 1 aliphatic carbocycles. The number of ketones is 1. The van der Waals surface area contributed by atoms with E-state index in [1.165, 1.54) is 18.2 Å². The molecule has 0 spiro atoms. The van der Waals surface area contributed by atoms with Crippen LogP contribution in [-0.2, 0) is 13.0 Å². The van der Waals surface area contributed by atoms with Gasteiger partial charge in [-0.3, -0.25) is 9.20 Å². The first-order chi connectivity index (χ1) is 15.9. The Morgan fingerprint density at radius 2 is 1.88 bits per heavy atom. The second-order valence-electron chi connectivity index (χ2n) is 8.30. The van der Waals surface area contributed by atoms with Crippen LogP contribution in [-0.4, -0.2) is 26.4 Å². The van der Waals surface area contributed by atoms with Gasteiger partial charge in [-0.05, 0) is 48.7 Å². The first-order valence-electron chi connectivity index (χ1n) is 10.8. The van der Waals surface area contributed by atoms with E-state index in [2.05, 4.69) is 4.98 Å². The van der Waals surface area contributed by atoms with Crippen molar-refractivity contribution in [2.45, 2.75) is 38.4 Å².